The number of hydrogen-bond donors (Lipinski definition) is 2. The van der Waals surface area contributed by atoms with Crippen LogP contribution in [0.2, 0.25) is 0 Å². The van der Waals surface area contributed by atoms with Gasteiger partial charge in [-0.2, -0.15) is 0 Å². The molecule has 0 bridgehead atoms. The van der Waals surface area contributed by atoms with E-state index in [1.54, 1.807) is 0 Å². The van der Waals surface area contributed by atoms with Crippen LogP contribution in [-0.4, -0.2) is 23.1 Å². The van der Waals surface area contributed by atoms with Crippen molar-refractivity contribution in [1.29, 1.82) is 0 Å². The Labute approximate surface area is 93.4 Å². The first-order valence-corrected chi connectivity index (χ1v) is 5.56. The molecule has 0 saturated heterocycles. The summed E-state index contributed by atoms with van der Waals surface area (Å²) in [5, 5.41) is 12.8. The van der Waals surface area contributed by atoms with Crippen molar-refractivity contribution in [3.8, 4) is 0 Å². The van der Waals surface area contributed by atoms with Gasteiger partial charge in [0.2, 0.25) is 0 Å². The third-order valence-electron chi connectivity index (χ3n) is 1.90. The molecule has 2 N–H and O–H groups in total. The smallest absolute Gasteiger partial charge is 0.347 e. The molecule has 4 nitrogen and oxygen atoms in total. The molecular formula is C10H16N2O2S. The Morgan fingerprint density at radius 1 is 1.53 bits per heavy atom. The van der Waals surface area contributed by atoms with Crippen molar-refractivity contribution in [1.82, 2.24) is 10.3 Å². The highest BCUT2D eigenvalue weighted by atomic mass is 32.1. The van der Waals surface area contributed by atoms with Crippen LogP contribution in [0.15, 0.2) is 0 Å². The van der Waals surface area contributed by atoms with Crippen LogP contribution in [-0.2, 0) is 12.0 Å². The molecule has 0 aliphatic carbocycles. The van der Waals surface area contributed by atoms with Gasteiger partial charge in [-0.1, -0.05) is 20.8 Å². The zero-order chi connectivity index (χ0) is 11.6. The van der Waals surface area contributed by atoms with Crippen molar-refractivity contribution < 1.29 is 9.90 Å². The number of rotatable bonds is 3. The summed E-state index contributed by atoms with van der Waals surface area (Å²) in [7, 11) is 1.82. The number of aromatic carboxylic acids is 1. The van der Waals surface area contributed by atoms with Crippen molar-refractivity contribution in [2.24, 2.45) is 0 Å². The standard InChI is InChI=1S/C10H16N2O2S/c1-10(2,3)8-7(9(13)14)15-6(12-8)5-11-4/h11H,5H2,1-4H3,(H,13,14). The Morgan fingerprint density at radius 2 is 2.13 bits per heavy atom. The first-order chi connectivity index (χ1) is 6.86. The van der Waals surface area contributed by atoms with E-state index in [1.807, 2.05) is 27.8 Å². The predicted molar refractivity (Wildman–Crippen MR) is 60.5 cm³/mol. The summed E-state index contributed by atoms with van der Waals surface area (Å²) < 4.78 is 0. The lowest BCUT2D eigenvalue weighted by Crippen LogP contribution is -2.16. The molecule has 1 rings (SSSR count). The minimum atomic E-state index is -0.889. The van der Waals surface area contributed by atoms with Crippen molar-refractivity contribution in [3.63, 3.8) is 0 Å². The second kappa shape index (κ2) is 4.28. The molecule has 0 fully saturated rings. The molecule has 15 heavy (non-hydrogen) atoms. The number of thiazole rings is 1. The first-order valence-electron chi connectivity index (χ1n) is 4.74. The molecule has 0 amide bonds. The largest absolute Gasteiger partial charge is 0.477 e. The maximum absolute atomic E-state index is 11.0. The Hall–Kier alpha value is -0.940. The maximum Gasteiger partial charge on any atom is 0.347 e. The lowest BCUT2D eigenvalue weighted by Gasteiger charge is -2.15. The lowest BCUT2D eigenvalue weighted by molar-refractivity contribution is 0.0699. The van der Waals surface area contributed by atoms with E-state index >= 15 is 0 Å². The minimum absolute atomic E-state index is 0.226. The van der Waals surface area contributed by atoms with Gasteiger partial charge in [0, 0.05) is 12.0 Å². The average molecular weight is 228 g/mol. The van der Waals surface area contributed by atoms with Gasteiger partial charge in [-0.25, -0.2) is 9.78 Å². The Bertz CT molecular complexity index is 366. The van der Waals surface area contributed by atoms with E-state index in [1.165, 1.54) is 11.3 Å². The SMILES string of the molecule is CNCc1nc(C(C)(C)C)c(C(=O)O)s1. The van der Waals surface area contributed by atoms with Gasteiger partial charge >= 0.3 is 5.97 Å². The van der Waals surface area contributed by atoms with Crippen LogP contribution in [0.1, 0.15) is 41.1 Å². The maximum atomic E-state index is 11.0. The predicted octanol–water partition coefficient (Wildman–Crippen LogP) is 1.86. The van der Waals surface area contributed by atoms with E-state index < -0.39 is 5.97 Å². The van der Waals surface area contributed by atoms with E-state index in [4.69, 9.17) is 5.11 Å². The first kappa shape index (κ1) is 12.1. The van der Waals surface area contributed by atoms with Gasteiger partial charge in [0.1, 0.15) is 9.88 Å². The van der Waals surface area contributed by atoms with Crippen molar-refractivity contribution >= 4 is 17.3 Å². The number of nitrogens with one attached hydrogen (secondary N) is 1. The van der Waals surface area contributed by atoms with Crippen LogP contribution in [0, 0.1) is 0 Å². The third kappa shape index (κ3) is 2.76. The van der Waals surface area contributed by atoms with Crippen LogP contribution in [0.4, 0.5) is 0 Å². The normalized spacial score (nSPS) is 11.7. The molecular weight excluding hydrogens is 212 g/mol. The zero-order valence-corrected chi connectivity index (χ0v) is 10.2. The van der Waals surface area contributed by atoms with Crippen molar-refractivity contribution in [2.75, 3.05) is 7.05 Å². The summed E-state index contributed by atoms with van der Waals surface area (Å²) in [6.45, 7) is 6.52. The Balaban J connectivity index is 3.18. The molecule has 0 aromatic carbocycles. The fraction of sp³-hybridized carbons (Fsp3) is 0.600. The number of hydrogen-bond acceptors (Lipinski definition) is 4. The second-order valence-electron chi connectivity index (χ2n) is 4.37. The van der Waals surface area contributed by atoms with Gasteiger partial charge in [0.05, 0.1) is 5.69 Å². The summed E-state index contributed by atoms with van der Waals surface area (Å²) in [5.74, 6) is -0.889. The molecule has 0 spiro atoms. The summed E-state index contributed by atoms with van der Waals surface area (Å²) in [6, 6.07) is 0. The molecule has 0 unspecified atom stereocenters. The summed E-state index contributed by atoms with van der Waals surface area (Å²) in [5.41, 5.74) is 0.446. The number of carbonyl (C=O) groups is 1. The van der Waals surface area contributed by atoms with E-state index in [2.05, 4.69) is 10.3 Å². The van der Waals surface area contributed by atoms with Gasteiger partial charge in [0.25, 0.3) is 0 Å². The van der Waals surface area contributed by atoms with E-state index in [0.717, 1.165) is 5.01 Å². The minimum Gasteiger partial charge on any atom is -0.477 e. The number of carboxylic acids is 1. The monoisotopic (exact) mass is 228 g/mol. The van der Waals surface area contributed by atoms with Crippen molar-refractivity contribution in [2.45, 2.75) is 32.7 Å². The summed E-state index contributed by atoms with van der Waals surface area (Å²) >= 11 is 1.25. The molecule has 1 aromatic rings. The number of aromatic nitrogens is 1. The summed E-state index contributed by atoms with van der Waals surface area (Å²) in [6.07, 6.45) is 0. The summed E-state index contributed by atoms with van der Waals surface area (Å²) in [4.78, 5) is 15.8. The van der Waals surface area contributed by atoms with Gasteiger partial charge in [0.15, 0.2) is 0 Å². The topological polar surface area (TPSA) is 62.2 Å². The van der Waals surface area contributed by atoms with Gasteiger partial charge in [-0.15, -0.1) is 11.3 Å². The molecule has 1 heterocycles. The van der Waals surface area contributed by atoms with Gasteiger partial charge < -0.3 is 10.4 Å². The molecule has 5 heteroatoms. The van der Waals surface area contributed by atoms with Gasteiger partial charge in [-0.3, -0.25) is 0 Å². The molecule has 1 aromatic heterocycles. The molecule has 0 aliphatic rings. The van der Waals surface area contributed by atoms with Crippen LogP contribution in [0.25, 0.3) is 0 Å². The van der Waals surface area contributed by atoms with E-state index in [9.17, 15) is 4.79 Å². The molecule has 0 atom stereocenters. The number of nitrogens with zero attached hydrogens (tertiary/aromatic N) is 1. The Morgan fingerprint density at radius 3 is 2.47 bits per heavy atom. The fourth-order valence-corrected chi connectivity index (χ4v) is 2.37. The number of carboxylic acid groups (broad SMARTS) is 1. The molecule has 0 aliphatic heterocycles. The quantitative estimate of drug-likeness (QED) is 0.829. The average Bonchev–Trinajstić information content (AvgIpc) is 2.48. The van der Waals surface area contributed by atoms with E-state index in [-0.39, 0.29) is 5.41 Å². The lowest BCUT2D eigenvalue weighted by atomic mass is 9.91. The van der Waals surface area contributed by atoms with E-state index in [0.29, 0.717) is 17.1 Å². The molecule has 0 radical (unpaired) electrons. The Kier molecular flexibility index (Phi) is 3.46. The van der Waals surface area contributed by atoms with Crippen LogP contribution in [0.3, 0.4) is 0 Å². The highest BCUT2D eigenvalue weighted by molar-refractivity contribution is 7.13. The van der Waals surface area contributed by atoms with Crippen LogP contribution < -0.4 is 5.32 Å². The zero-order valence-electron chi connectivity index (χ0n) is 9.42. The fourth-order valence-electron chi connectivity index (χ4n) is 1.24. The third-order valence-corrected chi connectivity index (χ3v) is 2.95. The highest BCUT2D eigenvalue weighted by Gasteiger charge is 2.26. The second-order valence-corrected chi connectivity index (χ2v) is 5.45. The van der Waals surface area contributed by atoms with Crippen LogP contribution in [0.5, 0.6) is 0 Å². The van der Waals surface area contributed by atoms with Gasteiger partial charge in [-0.05, 0) is 7.05 Å². The highest BCUT2D eigenvalue weighted by Crippen LogP contribution is 2.29. The molecule has 84 valence electrons. The van der Waals surface area contributed by atoms with Crippen molar-refractivity contribution in [3.05, 3.63) is 15.6 Å². The van der Waals surface area contributed by atoms with Crippen LogP contribution >= 0.6 is 11.3 Å². The molecule has 0 saturated carbocycles.